The van der Waals surface area contributed by atoms with E-state index in [1.54, 1.807) is 45.0 Å². The molecule has 1 rings (SSSR count). The fourth-order valence-corrected chi connectivity index (χ4v) is 2.12. The molecule has 1 aromatic carbocycles. The van der Waals surface area contributed by atoms with Crippen LogP contribution in [0.3, 0.4) is 0 Å². The number of primary amides is 1. The molecule has 0 heterocycles. The highest BCUT2D eigenvalue weighted by molar-refractivity contribution is 5.77. The van der Waals surface area contributed by atoms with Crippen LogP contribution in [0.5, 0.6) is 5.75 Å². The number of carbonyl (C=O) groups excluding carboxylic acids is 2. The number of ether oxygens (including phenoxy) is 2. The van der Waals surface area contributed by atoms with E-state index in [2.05, 4.69) is 13.2 Å². The van der Waals surface area contributed by atoms with Crippen LogP contribution in [0.2, 0.25) is 0 Å². The molecule has 0 aliphatic rings. The normalized spacial score (nSPS) is 10.8. The van der Waals surface area contributed by atoms with Crippen molar-refractivity contribution in [2.75, 3.05) is 6.61 Å². The Hall–Kier alpha value is -2.56. The van der Waals surface area contributed by atoms with Crippen LogP contribution < -0.4 is 10.5 Å². The fraction of sp³-hybridized carbons (Fsp3) is 0.368. The molecule has 0 radical (unpaired) electrons. The molecule has 1 aromatic rings. The highest BCUT2D eigenvalue weighted by atomic mass is 16.5. The topological polar surface area (TPSA) is 78.6 Å². The van der Waals surface area contributed by atoms with Gasteiger partial charge in [0.15, 0.2) is 0 Å². The summed E-state index contributed by atoms with van der Waals surface area (Å²) in [4.78, 5) is 22.8. The minimum Gasteiger partial charge on any atom is -0.466 e. The zero-order chi connectivity index (χ0) is 18.3. The van der Waals surface area contributed by atoms with Crippen LogP contribution >= 0.6 is 0 Å². The smallest absolute Gasteiger partial charge is 0.311 e. The van der Waals surface area contributed by atoms with Gasteiger partial charge in [-0.15, -0.1) is 0 Å². The van der Waals surface area contributed by atoms with Crippen LogP contribution in [0.4, 0.5) is 0 Å². The van der Waals surface area contributed by atoms with Crippen molar-refractivity contribution in [3.05, 3.63) is 54.3 Å². The van der Waals surface area contributed by atoms with Crippen LogP contribution in [0.15, 0.2) is 48.8 Å². The molecule has 0 unspecified atom stereocenters. The minimum absolute atomic E-state index is 0.182. The lowest BCUT2D eigenvalue weighted by Gasteiger charge is -2.24. The average molecular weight is 331 g/mol. The summed E-state index contributed by atoms with van der Waals surface area (Å²) < 4.78 is 10.7. The summed E-state index contributed by atoms with van der Waals surface area (Å²) in [7, 11) is 0. The van der Waals surface area contributed by atoms with E-state index >= 15 is 0 Å². The monoisotopic (exact) mass is 331 g/mol. The Morgan fingerprint density at radius 3 is 2.25 bits per heavy atom. The summed E-state index contributed by atoms with van der Waals surface area (Å²) in [6, 6.07) is 6.98. The van der Waals surface area contributed by atoms with E-state index in [1.807, 2.05) is 0 Å². The number of esters is 1. The standard InChI is InChI=1S/C19H25NO4/c1-6-23-18(22)19(4,5)12-13(2)14(3)24-16-9-7-15(8-10-16)11-17(20)21/h7-10H,2-3,6,11-12H2,1,4-5H3,(H2,20,21). The maximum absolute atomic E-state index is 11.9. The second kappa shape index (κ2) is 8.34. The van der Waals surface area contributed by atoms with Crippen molar-refractivity contribution in [2.45, 2.75) is 33.6 Å². The Morgan fingerprint density at radius 2 is 1.75 bits per heavy atom. The maximum atomic E-state index is 11.9. The van der Waals surface area contributed by atoms with Gasteiger partial charge >= 0.3 is 5.97 Å². The van der Waals surface area contributed by atoms with Gasteiger partial charge in [0.1, 0.15) is 11.5 Å². The van der Waals surface area contributed by atoms with Crippen molar-refractivity contribution in [1.82, 2.24) is 0 Å². The third-order valence-electron chi connectivity index (χ3n) is 3.42. The molecule has 0 aliphatic carbocycles. The lowest BCUT2D eigenvalue weighted by Crippen LogP contribution is -2.27. The molecule has 1 amide bonds. The molecule has 0 spiro atoms. The van der Waals surface area contributed by atoms with Gasteiger partial charge in [0.25, 0.3) is 0 Å². The first-order valence-corrected chi connectivity index (χ1v) is 7.75. The van der Waals surface area contributed by atoms with Crippen LogP contribution in [0.25, 0.3) is 0 Å². The third-order valence-corrected chi connectivity index (χ3v) is 3.42. The molecule has 0 fully saturated rings. The Bertz CT molecular complexity index is 629. The van der Waals surface area contributed by atoms with Crippen molar-refractivity contribution in [3.8, 4) is 5.75 Å². The maximum Gasteiger partial charge on any atom is 0.311 e. The number of carbonyl (C=O) groups is 2. The van der Waals surface area contributed by atoms with Crippen LogP contribution in [-0.4, -0.2) is 18.5 Å². The molecule has 0 atom stereocenters. The predicted octanol–water partition coefficient (Wildman–Crippen LogP) is 3.14. The van der Waals surface area contributed by atoms with Gasteiger partial charge in [-0.05, 0) is 50.5 Å². The van der Waals surface area contributed by atoms with E-state index in [1.165, 1.54) is 0 Å². The SMILES string of the molecule is C=C(CC(C)(C)C(=O)OCC)C(=C)Oc1ccc(CC(N)=O)cc1. The summed E-state index contributed by atoms with van der Waals surface area (Å²) in [5, 5.41) is 0. The Kier molecular flexibility index (Phi) is 6.77. The molecule has 2 N–H and O–H groups in total. The van der Waals surface area contributed by atoms with Gasteiger partial charge in [-0.3, -0.25) is 9.59 Å². The summed E-state index contributed by atoms with van der Waals surface area (Å²) in [6.07, 6.45) is 0.562. The second-order valence-electron chi connectivity index (χ2n) is 6.20. The highest BCUT2D eigenvalue weighted by Crippen LogP contribution is 2.30. The average Bonchev–Trinajstić information content (AvgIpc) is 2.48. The van der Waals surface area contributed by atoms with E-state index < -0.39 is 5.41 Å². The zero-order valence-corrected chi connectivity index (χ0v) is 14.6. The zero-order valence-electron chi connectivity index (χ0n) is 14.6. The second-order valence-corrected chi connectivity index (χ2v) is 6.20. The number of benzene rings is 1. The molecule has 0 aliphatic heterocycles. The van der Waals surface area contributed by atoms with E-state index in [0.717, 1.165) is 5.56 Å². The molecule has 0 saturated heterocycles. The first-order chi connectivity index (χ1) is 11.2. The van der Waals surface area contributed by atoms with Gasteiger partial charge < -0.3 is 15.2 Å². The summed E-state index contributed by atoms with van der Waals surface area (Å²) in [5.41, 5.74) is 5.88. The van der Waals surface area contributed by atoms with Gasteiger partial charge in [-0.25, -0.2) is 0 Å². The van der Waals surface area contributed by atoms with Crippen molar-refractivity contribution in [3.63, 3.8) is 0 Å². The number of allylic oxidation sites excluding steroid dienone is 1. The summed E-state index contributed by atoms with van der Waals surface area (Å²) >= 11 is 0. The molecule has 0 aromatic heterocycles. The third kappa shape index (κ3) is 5.91. The van der Waals surface area contributed by atoms with Gasteiger partial charge in [0.2, 0.25) is 5.91 Å². The molecule has 0 saturated carbocycles. The summed E-state index contributed by atoms with van der Waals surface area (Å²) in [6.45, 7) is 13.5. The lowest BCUT2D eigenvalue weighted by atomic mass is 9.85. The van der Waals surface area contributed by atoms with Crippen molar-refractivity contribution in [1.29, 1.82) is 0 Å². The number of nitrogens with two attached hydrogens (primary N) is 1. The van der Waals surface area contributed by atoms with Gasteiger partial charge in [0, 0.05) is 0 Å². The lowest BCUT2D eigenvalue weighted by molar-refractivity contribution is -0.153. The molecule has 5 nitrogen and oxygen atoms in total. The van der Waals surface area contributed by atoms with Gasteiger partial charge in [-0.1, -0.05) is 25.3 Å². The number of rotatable bonds is 9. The largest absolute Gasteiger partial charge is 0.466 e. The van der Waals surface area contributed by atoms with E-state index in [0.29, 0.717) is 30.1 Å². The van der Waals surface area contributed by atoms with Crippen LogP contribution in [0.1, 0.15) is 32.8 Å². The summed E-state index contributed by atoms with van der Waals surface area (Å²) in [5.74, 6) is 0.288. The molecule has 24 heavy (non-hydrogen) atoms. The molecule has 5 heteroatoms. The molecular formula is C19H25NO4. The first kappa shape index (κ1) is 19.5. The predicted molar refractivity (Wildman–Crippen MR) is 93.3 cm³/mol. The Labute approximate surface area is 143 Å². The highest BCUT2D eigenvalue weighted by Gasteiger charge is 2.30. The fourth-order valence-electron chi connectivity index (χ4n) is 2.12. The number of hydrogen-bond donors (Lipinski definition) is 1. The molecular weight excluding hydrogens is 306 g/mol. The van der Waals surface area contributed by atoms with Crippen molar-refractivity contribution >= 4 is 11.9 Å². The Morgan fingerprint density at radius 1 is 1.17 bits per heavy atom. The van der Waals surface area contributed by atoms with Gasteiger partial charge in [-0.2, -0.15) is 0 Å². The molecule has 0 bridgehead atoms. The number of amides is 1. The minimum atomic E-state index is -0.704. The molecule has 130 valence electrons. The first-order valence-electron chi connectivity index (χ1n) is 7.75. The van der Waals surface area contributed by atoms with E-state index in [9.17, 15) is 9.59 Å². The van der Waals surface area contributed by atoms with E-state index in [4.69, 9.17) is 15.2 Å². The van der Waals surface area contributed by atoms with Crippen molar-refractivity contribution in [2.24, 2.45) is 11.1 Å². The van der Waals surface area contributed by atoms with Crippen LogP contribution in [-0.2, 0) is 20.7 Å². The van der Waals surface area contributed by atoms with E-state index in [-0.39, 0.29) is 18.3 Å². The van der Waals surface area contributed by atoms with Crippen molar-refractivity contribution < 1.29 is 19.1 Å². The van der Waals surface area contributed by atoms with Gasteiger partial charge in [0.05, 0.1) is 18.4 Å². The number of hydrogen-bond acceptors (Lipinski definition) is 4. The Balaban J connectivity index is 2.65. The quantitative estimate of drug-likeness (QED) is 0.428. The van der Waals surface area contributed by atoms with Crippen LogP contribution in [0, 0.1) is 5.41 Å².